The van der Waals surface area contributed by atoms with Crippen LogP contribution in [0.1, 0.15) is 0 Å². The summed E-state index contributed by atoms with van der Waals surface area (Å²) >= 11 is 0. The highest BCUT2D eigenvalue weighted by Gasteiger charge is 1.92. The van der Waals surface area contributed by atoms with Crippen LogP contribution in [-0.2, 0) is 4.74 Å². The van der Waals surface area contributed by atoms with Gasteiger partial charge in [0.15, 0.2) is 0 Å². The van der Waals surface area contributed by atoms with E-state index in [1.807, 2.05) is 0 Å². The molecule has 1 fully saturated rings. The molecule has 0 amide bonds. The number of nitrogens with one attached hydrogen (secondary N) is 1. The quantitative estimate of drug-likeness (QED) is 0.443. The minimum atomic E-state index is 0. The topological polar surface area (TPSA) is 21.3 Å². The lowest BCUT2D eigenvalue weighted by molar-refractivity contribution is 0.109. The van der Waals surface area contributed by atoms with Gasteiger partial charge in [-0.25, -0.2) is 0 Å². The van der Waals surface area contributed by atoms with Crippen molar-refractivity contribution in [2.75, 3.05) is 26.3 Å². The summed E-state index contributed by atoms with van der Waals surface area (Å²) in [4.78, 5) is 0. The Morgan fingerprint density at radius 3 is 1.86 bits per heavy atom. The van der Waals surface area contributed by atoms with E-state index < -0.39 is 0 Å². The second-order valence-electron chi connectivity index (χ2n) is 1.36. The van der Waals surface area contributed by atoms with E-state index in [9.17, 15) is 0 Å². The van der Waals surface area contributed by atoms with Crippen LogP contribution in [0.25, 0.3) is 0 Å². The zero-order valence-electron chi connectivity index (χ0n) is 4.44. The molecule has 0 aromatic rings. The van der Waals surface area contributed by atoms with Gasteiger partial charge in [0.25, 0.3) is 0 Å². The highest BCUT2D eigenvalue weighted by molar-refractivity contribution is 6.92. The standard InChI is InChI=1S/C4H9NO.H3P/c1-3-6-4-2-5-1;/h5H,1-4H2;1H3. The van der Waals surface area contributed by atoms with Gasteiger partial charge in [-0.1, -0.05) is 0 Å². The van der Waals surface area contributed by atoms with Crippen LogP contribution in [0.15, 0.2) is 0 Å². The minimum Gasteiger partial charge on any atom is -0.379 e. The predicted octanol–water partition coefficient (Wildman–Crippen LogP) is -0.336. The van der Waals surface area contributed by atoms with Gasteiger partial charge in [0.1, 0.15) is 0 Å². The lowest BCUT2D eigenvalue weighted by atomic mass is 10.5. The zero-order valence-corrected chi connectivity index (χ0v) is 5.86. The summed E-state index contributed by atoms with van der Waals surface area (Å²) in [7, 11) is 0. The average Bonchev–Trinajstić information content (AvgIpc) is 1.72. The van der Waals surface area contributed by atoms with E-state index in [2.05, 4.69) is 5.32 Å². The molecule has 0 bridgehead atoms. The van der Waals surface area contributed by atoms with Crippen molar-refractivity contribution >= 4 is 9.90 Å². The summed E-state index contributed by atoms with van der Waals surface area (Å²) in [6.07, 6.45) is 0. The summed E-state index contributed by atoms with van der Waals surface area (Å²) in [5.41, 5.74) is 0. The first-order valence-electron chi connectivity index (χ1n) is 2.28. The fraction of sp³-hybridized carbons (Fsp3) is 1.00. The van der Waals surface area contributed by atoms with Crippen LogP contribution < -0.4 is 5.32 Å². The van der Waals surface area contributed by atoms with E-state index in [0.29, 0.717) is 0 Å². The lowest BCUT2D eigenvalue weighted by Crippen LogP contribution is -2.30. The molecule has 0 spiro atoms. The Balaban J connectivity index is 0.000000360. The molecule has 1 rings (SSSR count). The lowest BCUT2D eigenvalue weighted by Gasteiger charge is -2.10. The molecular formula is C4H12NOP. The van der Waals surface area contributed by atoms with Gasteiger partial charge in [-0.15, -0.1) is 0 Å². The highest BCUT2D eigenvalue weighted by atomic mass is 31.0. The number of hydrogen-bond acceptors (Lipinski definition) is 2. The average molecular weight is 121 g/mol. The third-order valence-corrected chi connectivity index (χ3v) is 0.846. The number of ether oxygens (including phenoxy) is 1. The van der Waals surface area contributed by atoms with Crippen molar-refractivity contribution in [1.82, 2.24) is 5.32 Å². The maximum absolute atomic E-state index is 5.01. The Kier molecular flexibility index (Phi) is 4.73. The molecule has 0 saturated carbocycles. The summed E-state index contributed by atoms with van der Waals surface area (Å²) in [6, 6.07) is 0. The van der Waals surface area contributed by atoms with Crippen LogP contribution in [0.2, 0.25) is 0 Å². The van der Waals surface area contributed by atoms with Gasteiger partial charge in [-0.3, -0.25) is 0 Å². The molecule has 44 valence electrons. The van der Waals surface area contributed by atoms with Crippen molar-refractivity contribution in [3.8, 4) is 0 Å². The molecular weight excluding hydrogens is 109 g/mol. The Bertz CT molecular complexity index is 27.2. The van der Waals surface area contributed by atoms with Crippen molar-refractivity contribution < 1.29 is 4.74 Å². The molecule has 1 aliphatic heterocycles. The molecule has 1 unspecified atom stereocenters. The van der Waals surface area contributed by atoms with Crippen molar-refractivity contribution in [2.24, 2.45) is 0 Å². The SMILES string of the molecule is C1COCCN1.P. The predicted molar refractivity (Wildman–Crippen MR) is 34.8 cm³/mol. The Morgan fingerprint density at radius 1 is 1.14 bits per heavy atom. The van der Waals surface area contributed by atoms with Crippen LogP contribution >= 0.6 is 9.90 Å². The van der Waals surface area contributed by atoms with Crippen LogP contribution in [-0.4, -0.2) is 26.3 Å². The molecule has 0 aromatic carbocycles. The minimum absolute atomic E-state index is 0. The van der Waals surface area contributed by atoms with Gasteiger partial charge in [-0.2, -0.15) is 9.90 Å². The second-order valence-corrected chi connectivity index (χ2v) is 1.36. The monoisotopic (exact) mass is 121 g/mol. The van der Waals surface area contributed by atoms with Gasteiger partial charge in [0, 0.05) is 13.1 Å². The third-order valence-electron chi connectivity index (χ3n) is 0.846. The fourth-order valence-electron chi connectivity index (χ4n) is 0.516. The zero-order chi connectivity index (χ0) is 4.24. The first-order valence-corrected chi connectivity index (χ1v) is 2.28. The molecule has 7 heavy (non-hydrogen) atoms. The molecule has 0 aliphatic carbocycles. The van der Waals surface area contributed by atoms with Crippen LogP contribution in [0, 0.1) is 0 Å². The third kappa shape index (κ3) is 2.98. The van der Waals surface area contributed by atoms with Gasteiger partial charge in [0.05, 0.1) is 13.2 Å². The van der Waals surface area contributed by atoms with Gasteiger partial charge >= 0.3 is 0 Å². The highest BCUT2D eigenvalue weighted by Crippen LogP contribution is 1.76. The van der Waals surface area contributed by atoms with Crippen molar-refractivity contribution in [3.05, 3.63) is 0 Å². The summed E-state index contributed by atoms with van der Waals surface area (Å²) in [5, 5.41) is 3.16. The maximum Gasteiger partial charge on any atom is 0.0591 e. The molecule has 0 aromatic heterocycles. The Labute approximate surface area is 47.2 Å². The smallest absolute Gasteiger partial charge is 0.0591 e. The second kappa shape index (κ2) is 4.51. The number of hydrogen-bond donors (Lipinski definition) is 1. The van der Waals surface area contributed by atoms with E-state index in [-0.39, 0.29) is 9.90 Å². The summed E-state index contributed by atoms with van der Waals surface area (Å²) < 4.78 is 5.01. The van der Waals surface area contributed by atoms with Crippen molar-refractivity contribution in [2.45, 2.75) is 0 Å². The van der Waals surface area contributed by atoms with E-state index in [0.717, 1.165) is 26.3 Å². The van der Waals surface area contributed by atoms with Crippen LogP contribution in [0.3, 0.4) is 0 Å². The molecule has 1 atom stereocenters. The van der Waals surface area contributed by atoms with Crippen molar-refractivity contribution in [1.29, 1.82) is 0 Å². The summed E-state index contributed by atoms with van der Waals surface area (Å²) in [6.45, 7) is 3.83. The number of rotatable bonds is 0. The normalized spacial score (nSPS) is 20.6. The molecule has 3 heteroatoms. The fourth-order valence-corrected chi connectivity index (χ4v) is 0.516. The molecule has 2 nitrogen and oxygen atoms in total. The Morgan fingerprint density at radius 2 is 1.71 bits per heavy atom. The maximum atomic E-state index is 5.01. The molecule has 1 N–H and O–H groups in total. The van der Waals surface area contributed by atoms with Gasteiger partial charge < -0.3 is 10.1 Å². The van der Waals surface area contributed by atoms with E-state index in [4.69, 9.17) is 4.74 Å². The van der Waals surface area contributed by atoms with E-state index in [1.54, 1.807) is 0 Å². The van der Waals surface area contributed by atoms with Crippen LogP contribution in [0.5, 0.6) is 0 Å². The molecule has 1 heterocycles. The first kappa shape index (κ1) is 7.35. The largest absolute Gasteiger partial charge is 0.379 e. The molecule has 1 aliphatic rings. The van der Waals surface area contributed by atoms with E-state index in [1.165, 1.54) is 0 Å². The van der Waals surface area contributed by atoms with Crippen LogP contribution in [0.4, 0.5) is 0 Å². The van der Waals surface area contributed by atoms with E-state index >= 15 is 0 Å². The van der Waals surface area contributed by atoms with Gasteiger partial charge in [-0.05, 0) is 0 Å². The van der Waals surface area contributed by atoms with Crippen molar-refractivity contribution in [3.63, 3.8) is 0 Å². The molecule has 1 saturated heterocycles. The number of morpholine rings is 1. The molecule has 0 radical (unpaired) electrons. The first-order chi connectivity index (χ1) is 3.00. The summed E-state index contributed by atoms with van der Waals surface area (Å²) in [5.74, 6) is 0. The Hall–Kier alpha value is 0.350. The van der Waals surface area contributed by atoms with Gasteiger partial charge in [0.2, 0.25) is 0 Å².